The van der Waals surface area contributed by atoms with E-state index in [0.717, 1.165) is 0 Å². The van der Waals surface area contributed by atoms with E-state index >= 15 is 0 Å². The SMILES string of the molecule is O=C1COc2ccc(NC(=O)c3cc(Br)ccc3F)cc2N1. The summed E-state index contributed by atoms with van der Waals surface area (Å²) in [6.45, 7) is -0.0397. The largest absolute Gasteiger partial charge is 0.482 e. The van der Waals surface area contributed by atoms with Crippen LogP contribution in [0.5, 0.6) is 5.75 Å². The first-order valence-electron chi connectivity index (χ1n) is 6.36. The van der Waals surface area contributed by atoms with Gasteiger partial charge in [0.15, 0.2) is 6.61 Å². The minimum absolute atomic E-state index is 0.0397. The Balaban J connectivity index is 1.84. The lowest BCUT2D eigenvalue weighted by molar-refractivity contribution is -0.118. The Labute approximate surface area is 133 Å². The van der Waals surface area contributed by atoms with Crippen LogP contribution < -0.4 is 15.4 Å². The van der Waals surface area contributed by atoms with Gasteiger partial charge in [-0.2, -0.15) is 0 Å². The summed E-state index contributed by atoms with van der Waals surface area (Å²) in [4.78, 5) is 23.4. The molecule has 3 rings (SSSR count). The molecule has 0 saturated carbocycles. The highest BCUT2D eigenvalue weighted by atomic mass is 79.9. The van der Waals surface area contributed by atoms with Gasteiger partial charge in [0, 0.05) is 10.2 Å². The average Bonchev–Trinajstić information content (AvgIpc) is 2.49. The summed E-state index contributed by atoms with van der Waals surface area (Å²) in [6, 6.07) is 8.91. The molecule has 7 heteroatoms. The van der Waals surface area contributed by atoms with Crippen molar-refractivity contribution in [2.24, 2.45) is 0 Å². The summed E-state index contributed by atoms with van der Waals surface area (Å²) in [5.74, 6) is -0.947. The molecule has 0 saturated heterocycles. The zero-order chi connectivity index (χ0) is 15.7. The van der Waals surface area contributed by atoms with Crippen molar-refractivity contribution in [1.82, 2.24) is 0 Å². The van der Waals surface area contributed by atoms with Crippen LogP contribution in [0.3, 0.4) is 0 Å². The highest BCUT2D eigenvalue weighted by molar-refractivity contribution is 9.10. The Hall–Kier alpha value is -2.41. The third kappa shape index (κ3) is 2.94. The highest BCUT2D eigenvalue weighted by Gasteiger charge is 2.17. The fourth-order valence-corrected chi connectivity index (χ4v) is 2.39. The van der Waals surface area contributed by atoms with Gasteiger partial charge in [0.25, 0.3) is 11.8 Å². The van der Waals surface area contributed by atoms with Crippen molar-refractivity contribution >= 4 is 39.1 Å². The molecule has 0 aromatic heterocycles. The molecule has 2 aromatic carbocycles. The van der Waals surface area contributed by atoms with Gasteiger partial charge in [0.05, 0.1) is 11.3 Å². The maximum atomic E-state index is 13.7. The quantitative estimate of drug-likeness (QED) is 0.859. The molecule has 2 aromatic rings. The molecular weight excluding hydrogens is 355 g/mol. The first-order valence-corrected chi connectivity index (χ1v) is 7.15. The van der Waals surface area contributed by atoms with Gasteiger partial charge in [-0.15, -0.1) is 0 Å². The van der Waals surface area contributed by atoms with Crippen molar-refractivity contribution < 1.29 is 18.7 Å². The lowest BCUT2D eigenvalue weighted by Crippen LogP contribution is -2.25. The lowest BCUT2D eigenvalue weighted by Gasteiger charge is -2.18. The zero-order valence-electron chi connectivity index (χ0n) is 11.2. The Morgan fingerprint density at radius 1 is 1.27 bits per heavy atom. The number of carbonyl (C=O) groups excluding carboxylic acids is 2. The number of carbonyl (C=O) groups is 2. The van der Waals surface area contributed by atoms with Crippen LogP contribution in [0.1, 0.15) is 10.4 Å². The standard InChI is InChI=1S/C15H10BrFN2O3/c16-8-1-3-11(17)10(5-8)15(21)18-9-2-4-13-12(6-9)19-14(20)7-22-13/h1-6H,7H2,(H,18,21)(H,19,20). The van der Waals surface area contributed by atoms with Crippen molar-refractivity contribution in [2.45, 2.75) is 0 Å². The van der Waals surface area contributed by atoms with Crippen LogP contribution in [0.4, 0.5) is 15.8 Å². The third-order valence-corrected chi connectivity index (χ3v) is 3.54. The highest BCUT2D eigenvalue weighted by Crippen LogP contribution is 2.30. The number of hydrogen-bond acceptors (Lipinski definition) is 3. The molecule has 0 radical (unpaired) electrons. The van der Waals surface area contributed by atoms with Gasteiger partial charge >= 0.3 is 0 Å². The number of rotatable bonds is 2. The monoisotopic (exact) mass is 364 g/mol. The van der Waals surface area contributed by atoms with Crippen molar-refractivity contribution in [1.29, 1.82) is 0 Å². The van der Waals surface area contributed by atoms with E-state index in [-0.39, 0.29) is 18.1 Å². The first kappa shape index (κ1) is 14.5. The maximum absolute atomic E-state index is 13.7. The molecule has 2 N–H and O–H groups in total. The summed E-state index contributed by atoms with van der Waals surface area (Å²) in [5.41, 5.74) is 0.810. The molecule has 0 spiro atoms. The molecule has 0 fully saturated rings. The minimum Gasteiger partial charge on any atom is -0.482 e. The summed E-state index contributed by atoms with van der Waals surface area (Å²) in [6.07, 6.45) is 0. The van der Waals surface area contributed by atoms with Gasteiger partial charge in [-0.25, -0.2) is 4.39 Å². The van der Waals surface area contributed by atoms with Crippen molar-refractivity contribution in [2.75, 3.05) is 17.2 Å². The van der Waals surface area contributed by atoms with Gasteiger partial charge < -0.3 is 15.4 Å². The van der Waals surface area contributed by atoms with E-state index in [4.69, 9.17) is 4.74 Å². The summed E-state index contributed by atoms with van der Waals surface area (Å²) in [5, 5.41) is 5.22. The molecule has 112 valence electrons. The van der Waals surface area contributed by atoms with E-state index in [1.165, 1.54) is 18.2 Å². The maximum Gasteiger partial charge on any atom is 0.262 e. The van der Waals surface area contributed by atoms with Gasteiger partial charge in [0.1, 0.15) is 11.6 Å². The fraction of sp³-hybridized carbons (Fsp3) is 0.0667. The molecule has 1 aliphatic rings. The molecule has 1 aliphatic heterocycles. The van der Waals surface area contributed by atoms with Crippen LogP contribution in [0.2, 0.25) is 0 Å². The van der Waals surface area contributed by atoms with E-state index in [0.29, 0.717) is 21.6 Å². The van der Waals surface area contributed by atoms with Crippen LogP contribution >= 0.6 is 15.9 Å². The Morgan fingerprint density at radius 3 is 2.91 bits per heavy atom. The van der Waals surface area contributed by atoms with Crippen molar-refractivity contribution in [3.05, 3.63) is 52.3 Å². The van der Waals surface area contributed by atoms with Crippen LogP contribution in [0, 0.1) is 5.82 Å². The molecule has 2 amide bonds. The smallest absolute Gasteiger partial charge is 0.262 e. The number of hydrogen-bond donors (Lipinski definition) is 2. The van der Waals surface area contributed by atoms with Gasteiger partial charge in [-0.1, -0.05) is 15.9 Å². The number of halogens is 2. The molecule has 0 bridgehead atoms. The van der Waals surface area contributed by atoms with Crippen LogP contribution in [0.25, 0.3) is 0 Å². The van der Waals surface area contributed by atoms with Gasteiger partial charge in [0.2, 0.25) is 0 Å². The summed E-state index contributed by atoms with van der Waals surface area (Å²) in [7, 11) is 0. The molecule has 0 atom stereocenters. The molecule has 22 heavy (non-hydrogen) atoms. The molecule has 5 nitrogen and oxygen atoms in total. The van der Waals surface area contributed by atoms with E-state index in [1.54, 1.807) is 18.2 Å². The van der Waals surface area contributed by atoms with Crippen molar-refractivity contribution in [3.8, 4) is 5.75 Å². The van der Waals surface area contributed by atoms with Crippen LogP contribution in [0.15, 0.2) is 40.9 Å². The fourth-order valence-electron chi connectivity index (χ4n) is 2.03. The predicted molar refractivity (Wildman–Crippen MR) is 82.6 cm³/mol. The molecule has 1 heterocycles. The van der Waals surface area contributed by atoms with Gasteiger partial charge in [-0.3, -0.25) is 9.59 Å². The normalized spacial score (nSPS) is 12.9. The zero-order valence-corrected chi connectivity index (χ0v) is 12.7. The number of fused-ring (bicyclic) bond motifs is 1. The van der Waals surface area contributed by atoms with E-state index in [1.807, 2.05) is 0 Å². The van der Waals surface area contributed by atoms with E-state index in [9.17, 15) is 14.0 Å². The summed E-state index contributed by atoms with van der Waals surface area (Å²) < 4.78 is 19.5. The number of benzene rings is 2. The Morgan fingerprint density at radius 2 is 2.09 bits per heavy atom. The minimum atomic E-state index is -0.615. The van der Waals surface area contributed by atoms with E-state index < -0.39 is 11.7 Å². The molecular formula is C15H10BrFN2O3. The van der Waals surface area contributed by atoms with Crippen LogP contribution in [-0.4, -0.2) is 18.4 Å². The third-order valence-electron chi connectivity index (χ3n) is 3.04. The molecule has 0 unspecified atom stereocenters. The van der Waals surface area contributed by atoms with E-state index in [2.05, 4.69) is 26.6 Å². The second-order valence-electron chi connectivity index (χ2n) is 4.63. The van der Waals surface area contributed by atoms with Crippen LogP contribution in [-0.2, 0) is 4.79 Å². The first-order chi connectivity index (χ1) is 10.5. The van der Waals surface area contributed by atoms with Crippen molar-refractivity contribution in [3.63, 3.8) is 0 Å². The Bertz CT molecular complexity index is 779. The number of anilines is 2. The number of amides is 2. The Kier molecular flexibility index (Phi) is 3.81. The number of ether oxygens (including phenoxy) is 1. The number of nitrogens with one attached hydrogen (secondary N) is 2. The summed E-state index contributed by atoms with van der Waals surface area (Å²) >= 11 is 3.20. The lowest BCUT2D eigenvalue weighted by atomic mass is 10.2. The second kappa shape index (κ2) is 5.76. The second-order valence-corrected chi connectivity index (χ2v) is 5.54. The predicted octanol–water partition coefficient (Wildman–Crippen LogP) is 3.17. The average molecular weight is 365 g/mol. The molecule has 0 aliphatic carbocycles. The topological polar surface area (TPSA) is 67.4 Å². The van der Waals surface area contributed by atoms with Gasteiger partial charge in [-0.05, 0) is 36.4 Å².